The predicted octanol–water partition coefficient (Wildman–Crippen LogP) is 3.16. The van der Waals surface area contributed by atoms with Crippen molar-refractivity contribution in [3.8, 4) is 5.75 Å². The van der Waals surface area contributed by atoms with Gasteiger partial charge < -0.3 is 4.43 Å². The number of benzene rings is 1. The maximum atomic E-state index is 13.5. The Morgan fingerprint density at radius 3 is 2.40 bits per heavy atom. The Hall–Kier alpha value is -1.16. The maximum absolute atomic E-state index is 13.5. The van der Waals surface area contributed by atoms with Gasteiger partial charge in [-0.3, -0.25) is 4.79 Å². The van der Waals surface area contributed by atoms with Crippen LogP contribution in [0.2, 0.25) is 19.6 Å². The molecule has 0 fully saturated rings. The lowest BCUT2D eigenvalue weighted by Gasteiger charge is -2.21. The highest BCUT2D eigenvalue weighted by molar-refractivity contribution is 6.70. The van der Waals surface area contributed by atoms with E-state index in [-0.39, 0.29) is 5.75 Å². The Balaban J connectivity index is 3.25. The normalized spacial score (nSPS) is 11.3. The Morgan fingerprint density at radius 1 is 1.33 bits per heavy atom. The minimum absolute atomic E-state index is 0.101. The van der Waals surface area contributed by atoms with Gasteiger partial charge in [-0.25, -0.2) is 4.39 Å². The summed E-state index contributed by atoms with van der Waals surface area (Å²) in [5, 5.41) is 0. The smallest absolute Gasteiger partial charge is 0.242 e. The molecule has 1 aromatic rings. The minimum Gasteiger partial charge on any atom is -0.542 e. The first-order valence-electron chi connectivity index (χ1n) is 4.78. The lowest BCUT2D eigenvalue weighted by molar-refractivity contribution is 0.112. The molecule has 1 aromatic carbocycles. The number of hydrogen-bond donors (Lipinski definition) is 0. The van der Waals surface area contributed by atoms with Crippen molar-refractivity contribution in [2.75, 3.05) is 0 Å². The molecular weight excluding hydrogens is 211 g/mol. The molecule has 0 saturated carbocycles. The van der Waals surface area contributed by atoms with Crippen molar-refractivity contribution >= 4 is 14.6 Å². The highest BCUT2D eigenvalue weighted by atomic mass is 28.4. The second kappa shape index (κ2) is 4.14. The fraction of sp³-hybridized carbons (Fsp3) is 0.364. The Morgan fingerprint density at radius 2 is 1.93 bits per heavy atom. The van der Waals surface area contributed by atoms with E-state index in [4.69, 9.17) is 4.43 Å². The van der Waals surface area contributed by atoms with E-state index in [0.717, 1.165) is 5.56 Å². The monoisotopic (exact) mass is 226 g/mol. The molecule has 0 aromatic heterocycles. The third-order valence-corrected chi connectivity index (χ3v) is 2.71. The second-order valence-corrected chi connectivity index (χ2v) is 8.87. The lowest BCUT2D eigenvalue weighted by atomic mass is 10.1. The van der Waals surface area contributed by atoms with E-state index < -0.39 is 14.1 Å². The van der Waals surface area contributed by atoms with E-state index in [1.54, 1.807) is 13.0 Å². The number of halogens is 1. The molecule has 0 radical (unpaired) electrons. The first kappa shape index (κ1) is 11.9. The molecule has 0 spiro atoms. The molecule has 2 nitrogen and oxygen atoms in total. The van der Waals surface area contributed by atoms with Crippen molar-refractivity contribution in [3.05, 3.63) is 29.1 Å². The maximum Gasteiger partial charge on any atom is 0.242 e. The third kappa shape index (κ3) is 2.89. The van der Waals surface area contributed by atoms with E-state index in [9.17, 15) is 9.18 Å². The zero-order valence-electron chi connectivity index (χ0n) is 9.43. The van der Waals surface area contributed by atoms with Gasteiger partial charge in [0.05, 0.1) is 5.56 Å². The van der Waals surface area contributed by atoms with Gasteiger partial charge in [-0.1, -0.05) is 6.07 Å². The van der Waals surface area contributed by atoms with E-state index in [2.05, 4.69) is 0 Å². The SMILES string of the molecule is Cc1ccc(F)c(O[Si](C)(C)C)c1C=O. The number of rotatable bonds is 3. The number of hydrogen-bond acceptors (Lipinski definition) is 2. The second-order valence-electron chi connectivity index (χ2n) is 4.44. The molecule has 0 bridgehead atoms. The van der Waals surface area contributed by atoms with Crippen LogP contribution in [0.3, 0.4) is 0 Å². The molecule has 1 rings (SSSR count). The van der Waals surface area contributed by atoms with Gasteiger partial charge in [0.25, 0.3) is 0 Å². The van der Waals surface area contributed by atoms with Crippen molar-refractivity contribution in [1.82, 2.24) is 0 Å². The van der Waals surface area contributed by atoms with Crippen LogP contribution in [0.1, 0.15) is 15.9 Å². The molecule has 0 saturated heterocycles. The summed E-state index contributed by atoms with van der Waals surface area (Å²) in [4.78, 5) is 10.9. The largest absolute Gasteiger partial charge is 0.542 e. The summed E-state index contributed by atoms with van der Waals surface area (Å²) in [6.45, 7) is 7.61. The molecule has 82 valence electrons. The molecule has 15 heavy (non-hydrogen) atoms. The third-order valence-electron chi connectivity index (χ3n) is 1.89. The molecule has 0 N–H and O–H groups in total. The van der Waals surface area contributed by atoms with Gasteiger partial charge >= 0.3 is 0 Å². The summed E-state index contributed by atoms with van der Waals surface area (Å²) >= 11 is 0. The highest BCUT2D eigenvalue weighted by Crippen LogP contribution is 2.26. The minimum atomic E-state index is -1.90. The zero-order chi connectivity index (χ0) is 11.6. The summed E-state index contributed by atoms with van der Waals surface area (Å²) < 4.78 is 19.1. The molecule has 0 aliphatic carbocycles. The first-order chi connectivity index (χ1) is 6.85. The average Bonchev–Trinajstić information content (AvgIpc) is 2.10. The summed E-state index contributed by atoms with van der Waals surface area (Å²) in [5.41, 5.74) is 1.05. The van der Waals surface area contributed by atoms with Crippen LogP contribution in [0.4, 0.5) is 4.39 Å². The number of carbonyl (C=O) groups excluding carboxylic acids is 1. The summed E-state index contributed by atoms with van der Waals surface area (Å²) in [7, 11) is -1.90. The van der Waals surface area contributed by atoms with Gasteiger partial charge in [-0.15, -0.1) is 0 Å². The molecule has 0 amide bonds. The lowest BCUT2D eigenvalue weighted by Crippen LogP contribution is -2.30. The van der Waals surface area contributed by atoms with Gasteiger partial charge in [-0.2, -0.15) is 0 Å². The van der Waals surface area contributed by atoms with Crippen LogP contribution in [0.15, 0.2) is 12.1 Å². The van der Waals surface area contributed by atoms with Crippen molar-refractivity contribution in [2.45, 2.75) is 26.6 Å². The molecule has 4 heteroatoms. The van der Waals surface area contributed by atoms with Crippen LogP contribution < -0.4 is 4.43 Å². The van der Waals surface area contributed by atoms with Gasteiger partial charge in [0, 0.05) is 0 Å². The Kier molecular flexibility index (Phi) is 3.29. The first-order valence-corrected chi connectivity index (χ1v) is 8.19. The van der Waals surface area contributed by atoms with E-state index in [0.29, 0.717) is 11.8 Å². The zero-order valence-corrected chi connectivity index (χ0v) is 10.4. The van der Waals surface area contributed by atoms with Crippen LogP contribution in [-0.2, 0) is 0 Å². The summed E-state index contributed by atoms with van der Waals surface area (Å²) in [6.07, 6.45) is 0.647. The van der Waals surface area contributed by atoms with E-state index in [1.807, 2.05) is 19.6 Å². The molecule has 0 aliphatic heterocycles. The molecular formula is C11H15FO2Si. The highest BCUT2D eigenvalue weighted by Gasteiger charge is 2.21. The van der Waals surface area contributed by atoms with Crippen molar-refractivity contribution in [2.24, 2.45) is 0 Å². The van der Waals surface area contributed by atoms with Gasteiger partial charge in [0.15, 0.2) is 17.9 Å². The molecule has 0 heterocycles. The Labute approximate surface area is 90.2 Å². The summed E-state index contributed by atoms with van der Waals surface area (Å²) in [5.74, 6) is -0.366. The van der Waals surface area contributed by atoms with Crippen LogP contribution in [0, 0.1) is 12.7 Å². The molecule has 0 aliphatic rings. The quantitative estimate of drug-likeness (QED) is 0.584. The average molecular weight is 226 g/mol. The van der Waals surface area contributed by atoms with Gasteiger partial charge in [0.1, 0.15) is 0 Å². The van der Waals surface area contributed by atoms with E-state index in [1.165, 1.54) is 6.07 Å². The topological polar surface area (TPSA) is 26.3 Å². The standard InChI is InChI=1S/C11H15FO2Si/c1-8-5-6-10(12)11(9(8)7-13)14-15(2,3)4/h5-7H,1-4H3. The molecule has 0 atom stereocenters. The molecule has 0 unspecified atom stereocenters. The van der Waals surface area contributed by atoms with Crippen molar-refractivity contribution in [1.29, 1.82) is 0 Å². The van der Waals surface area contributed by atoms with E-state index >= 15 is 0 Å². The number of carbonyl (C=O) groups is 1. The van der Waals surface area contributed by atoms with Crippen LogP contribution in [-0.4, -0.2) is 14.6 Å². The van der Waals surface area contributed by atoms with Crippen molar-refractivity contribution < 1.29 is 13.6 Å². The van der Waals surface area contributed by atoms with Crippen LogP contribution in [0.25, 0.3) is 0 Å². The van der Waals surface area contributed by atoms with Gasteiger partial charge in [-0.05, 0) is 38.2 Å². The fourth-order valence-electron chi connectivity index (χ4n) is 1.23. The summed E-state index contributed by atoms with van der Waals surface area (Å²) in [6, 6.07) is 2.91. The Bertz CT molecular complexity index is 383. The van der Waals surface area contributed by atoms with Gasteiger partial charge in [0.2, 0.25) is 8.32 Å². The van der Waals surface area contributed by atoms with Crippen LogP contribution in [0.5, 0.6) is 5.75 Å². The fourth-order valence-corrected chi connectivity index (χ4v) is 2.05. The predicted molar refractivity (Wildman–Crippen MR) is 60.5 cm³/mol. The van der Waals surface area contributed by atoms with Crippen LogP contribution >= 0.6 is 0 Å². The number of aldehydes is 1. The number of aryl methyl sites for hydroxylation is 1. The van der Waals surface area contributed by atoms with Crippen molar-refractivity contribution in [3.63, 3.8) is 0 Å².